The smallest absolute Gasteiger partial charge is 0.225 e. The molecule has 1 aromatic rings. The predicted octanol–water partition coefficient (Wildman–Crippen LogP) is 0.958. The molecule has 1 saturated carbocycles. The summed E-state index contributed by atoms with van der Waals surface area (Å²) in [6.45, 7) is 1.91. The van der Waals surface area contributed by atoms with Gasteiger partial charge in [-0.25, -0.2) is 13.4 Å². The lowest BCUT2D eigenvalue weighted by atomic mass is 10.3. The molecule has 0 spiro atoms. The molecule has 2 heterocycles. The number of sulfone groups is 1. The molecule has 7 heteroatoms. The first-order chi connectivity index (χ1) is 9.00. The molecule has 6 nitrogen and oxygen atoms in total. The summed E-state index contributed by atoms with van der Waals surface area (Å²) in [6.07, 6.45) is 3.00. The van der Waals surface area contributed by atoms with Crippen LogP contribution in [0.4, 0.5) is 11.8 Å². The van der Waals surface area contributed by atoms with Crippen LogP contribution in [0.3, 0.4) is 0 Å². The molecule has 0 radical (unpaired) electrons. The van der Waals surface area contributed by atoms with Gasteiger partial charge in [0, 0.05) is 23.8 Å². The number of nitrogens with zero attached hydrogens (tertiary/aromatic N) is 2. The van der Waals surface area contributed by atoms with E-state index in [2.05, 4.69) is 20.6 Å². The topological polar surface area (TPSA) is 84.0 Å². The maximum absolute atomic E-state index is 11.4. The Morgan fingerprint density at radius 3 is 2.58 bits per heavy atom. The lowest BCUT2D eigenvalue weighted by Gasteiger charge is -2.12. The lowest BCUT2D eigenvalue weighted by molar-refractivity contribution is 0.602. The van der Waals surface area contributed by atoms with Crippen LogP contribution in [0.25, 0.3) is 0 Å². The van der Waals surface area contributed by atoms with Crippen LogP contribution in [-0.2, 0) is 9.84 Å². The van der Waals surface area contributed by atoms with Gasteiger partial charge in [-0.05, 0) is 26.2 Å². The zero-order valence-electron chi connectivity index (χ0n) is 10.9. The second-order valence-electron chi connectivity index (χ2n) is 5.38. The largest absolute Gasteiger partial charge is 0.367 e. The summed E-state index contributed by atoms with van der Waals surface area (Å²) < 4.78 is 22.9. The first-order valence-electron chi connectivity index (χ1n) is 6.59. The Morgan fingerprint density at radius 2 is 1.95 bits per heavy atom. The highest BCUT2D eigenvalue weighted by Crippen LogP contribution is 2.24. The Morgan fingerprint density at radius 1 is 1.16 bits per heavy atom. The van der Waals surface area contributed by atoms with E-state index in [1.54, 1.807) is 0 Å². The third kappa shape index (κ3) is 3.34. The van der Waals surface area contributed by atoms with E-state index in [1.807, 2.05) is 13.0 Å². The second kappa shape index (κ2) is 4.63. The van der Waals surface area contributed by atoms with Crippen LogP contribution >= 0.6 is 0 Å². The minimum Gasteiger partial charge on any atom is -0.367 e. The van der Waals surface area contributed by atoms with Crippen molar-refractivity contribution >= 4 is 21.6 Å². The van der Waals surface area contributed by atoms with E-state index in [9.17, 15) is 8.42 Å². The molecular weight excluding hydrogens is 264 g/mol. The SMILES string of the molecule is Cc1cc(NC2CC2)nc(NC2CCS(=O)(=O)C2)n1. The van der Waals surface area contributed by atoms with Crippen LogP contribution in [0.5, 0.6) is 0 Å². The zero-order valence-corrected chi connectivity index (χ0v) is 11.7. The molecule has 2 fully saturated rings. The Balaban J connectivity index is 1.71. The van der Waals surface area contributed by atoms with Gasteiger partial charge in [0.1, 0.15) is 5.82 Å². The van der Waals surface area contributed by atoms with E-state index >= 15 is 0 Å². The first-order valence-corrected chi connectivity index (χ1v) is 8.41. The number of hydrogen-bond acceptors (Lipinski definition) is 6. The van der Waals surface area contributed by atoms with Gasteiger partial charge in [-0.2, -0.15) is 4.98 Å². The van der Waals surface area contributed by atoms with E-state index in [0.717, 1.165) is 11.5 Å². The molecule has 1 saturated heterocycles. The molecule has 0 bridgehead atoms. The van der Waals surface area contributed by atoms with E-state index in [1.165, 1.54) is 12.8 Å². The summed E-state index contributed by atoms with van der Waals surface area (Å²) in [5.74, 6) is 1.77. The van der Waals surface area contributed by atoms with Gasteiger partial charge in [-0.1, -0.05) is 0 Å². The summed E-state index contributed by atoms with van der Waals surface area (Å²) in [4.78, 5) is 8.71. The van der Waals surface area contributed by atoms with Crippen LogP contribution in [0, 0.1) is 6.92 Å². The number of rotatable bonds is 4. The normalized spacial score (nSPS) is 25.2. The Labute approximate surface area is 113 Å². The van der Waals surface area contributed by atoms with E-state index in [4.69, 9.17) is 0 Å². The number of aryl methyl sites for hydroxylation is 1. The minimum absolute atomic E-state index is 0.0689. The number of nitrogens with one attached hydrogen (secondary N) is 2. The Kier molecular flexibility index (Phi) is 3.08. The molecule has 0 amide bonds. The summed E-state index contributed by atoms with van der Waals surface area (Å²) in [7, 11) is -2.88. The van der Waals surface area contributed by atoms with Gasteiger partial charge < -0.3 is 10.6 Å². The van der Waals surface area contributed by atoms with Crippen LogP contribution < -0.4 is 10.6 Å². The molecule has 2 N–H and O–H groups in total. The van der Waals surface area contributed by atoms with Gasteiger partial charge in [0.25, 0.3) is 0 Å². The minimum atomic E-state index is -2.88. The van der Waals surface area contributed by atoms with Gasteiger partial charge in [-0.3, -0.25) is 0 Å². The van der Waals surface area contributed by atoms with Gasteiger partial charge >= 0.3 is 0 Å². The van der Waals surface area contributed by atoms with Gasteiger partial charge in [0.05, 0.1) is 11.5 Å². The van der Waals surface area contributed by atoms with Crippen molar-refractivity contribution in [2.75, 3.05) is 22.1 Å². The highest BCUT2D eigenvalue weighted by Gasteiger charge is 2.28. The second-order valence-corrected chi connectivity index (χ2v) is 7.61. The molecule has 1 aliphatic carbocycles. The van der Waals surface area contributed by atoms with Crippen LogP contribution in [0.15, 0.2) is 6.07 Å². The molecule has 1 unspecified atom stereocenters. The molecule has 1 aromatic heterocycles. The van der Waals surface area contributed by atoms with Crippen LogP contribution in [0.1, 0.15) is 25.0 Å². The molecule has 0 aromatic carbocycles. The van der Waals surface area contributed by atoms with Crippen molar-refractivity contribution in [1.29, 1.82) is 0 Å². The van der Waals surface area contributed by atoms with Crippen molar-refractivity contribution < 1.29 is 8.42 Å². The van der Waals surface area contributed by atoms with Crippen molar-refractivity contribution in [1.82, 2.24) is 9.97 Å². The fraction of sp³-hybridized carbons (Fsp3) is 0.667. The molecule has 1 atom stereocenters. The maximum Gasteiger partial charge on any atom is 0.225 e. The van der Waals surface area contributed by atoms with E-state index in [-0.39, 0.29) is 17.5 Å². The third-order valence-corrected chi connectivity index (χ3v) is 5.12. The highest BCUT2D eigenvalue weighted by atomic mass is 32.2. The number of aromatic nitrogens is 2. The van der Waals surface area contributed by atoms with Gasteiger partial charge in [0.15, 0.2) is 9.84 Å². The van der Waals surface area contributed by atoms with Gasteiger partial charge in [0.2, 0.25) is 5.95 Å². The summed E-state index contributed by atoms with van der Waals surface area (Å²) in [6, 6.07) is 2.38. The van der Waals surface area contributed by atoms with Crippen molar-refractivity contribution in [2.45, 2.75) is 38.3 Å². The standard InChI is InChI=1S/C12H18N4O2S/c1-8-6-11(14-9-2-3-9)16-12(13-8)15-10-4-5-19(17,18)7-10/h6,9-10H,2-5,7H2,1H3,(H2,13,14,15,16). The van der Waals surface area contributed by atoms with Crippen molar-refractivity contribution in [2.24, 2.45) is 0 Å². The van der Waals surface area contributed by atoms with Crippen molar-refractivity contribution in [3.8, 4) is 0 Å². The molecule has 2 aliphatic rings. The lowest BCUT2D eigenvalue weighted by Crippen LogP contribution is -2.22. The average molecular weight is 282 g/mol. The number of anilines is 2. The predicted molar refractivity (Wildman–Crippen MR) is 74.1 cm³/mol. The molecule has 104 valence electrons. The van der Waals surface area contributed by atoms with E-state index in [0.29, 0.717) is 18.4 Å². The fourth-order valence-electron chi connectivity index (χ4n) is 2.24. The summed E-state index contributed by atoms with van der Waals surface area (Å²) >= 11 is 0. The summed E-state index contributed by atoms with van der Waals surface area (Å²) in [5, 5.41) is 6.46. The van der Waals surface area contributed by atoms with Crippen molar-refractivity contribution in [3.05, 3.63) is 11.8 Å². The molecular formula is C12H18N4O2S. The quantitative estimate of drug-likeness (QED) is 0.855. The van der Waals surface area contributed by atoms with Gasteiger partial charge in [-0.15, -0.1) is 0 Å². The van der Waals surface area contributed by atoms with E-state index < -0.39 is 9.84 Å². The van der Waals surface area contributed by atoms with Crippen molar-refractivity contribution in [3.63, 3.8) is 0 Å². The Hall–Kier alpha value is -1.37. The fourth-order valence-corrected chi connectivity index (χ4v) is 3.91. The Bertz CT molecular complexity index is 583. The average Bonchev–Trinajstić information content (AvgIpc) is 3.02. The highest BCUT2D eigenvalue weighted by molar-refractivity contribution is 7.91. The molecule has 1 aliphatic heterocycles. The first kappa shape index (κ1) is 12.7. The molecule has 3 rings (SSSR count). The van der Waals surface area contributed by atoms with Crippen LogP contribution in [0.2, 0.25) is 0 Å². The number of hydrogen-bond donors (Lipinski definition) is 2. The monoisotopic (exact) mass is 282 g/mol. The van der Waals surface area contributed by atoms with Crippen LogP contribution in [-0.4, -0.2) is 42.0 Å². The third-order valence-electron chi connectivity index (χ3n) is 3.35. The maximum atomic E-state index is 11.4. The molecule has 19 heavy (non-hydrogen) atoms. The zero-order chi connectivity index (χ0) is 13.5. The summed E-state index contributed by atoms with van der Waals surface area (Å²) in [5.41, 5.74) is 0.876.